The summed E-state index contributed by atoms with van der Waals surface area (Å²) in [6.45, 7) is 9.78. The van der Waals surface area contributed by atoms with Crippen molar-refractivity contribution in [3.8, 4) is 0 Å². The van der Waals surface area contributed by atoms with Crippen LogP contribution in [0.15, 0.2) is 0 Å². The highest BCUT2D eigenvalue weighted by Gasteiger charge is 2.11. The Labute approximate surface area is 103 Å². The molecule has 0 heterocycles. The lowest BCUT2D eigenvalue weighted by Gasteiger charge is -2.20. The molecule has 16 heavy (non-hydrogen) atoms. The normalized spacial score (nSPS) is 17.1. The molecular weight excluding hydrogens is 196 g/mol. The van der Waals surface area contributed by atoms with Crippen LogP contribution in [0.3, 0.4) is 0 Å². The summed E-state index contributed by atoms with van der Waals surface area (Å²) >= 11 is 0. The molecule has 0 aliphatic rings. The van der Waals surface area contributed by atoms with Gasteiger partial charge in [0.05, 0.1) is 0 Å². The van der Waals surface area contributed by atoms with Crippen LogP contribution in [0.2, 0.25) is 0 Å². The standard InChI is InChI=1S/C15H32O/c1-5-8-13(2)11-15(4)12-14(3)9-6-7-10-16/h13-16H,5-12H2,1-4H3. The van der Waals surface area contributed by atoms with Crippen molar-refractivity contribution in [3.63, 3.8) is 0 Å². The van der Waals surface area contributed by atoms with Crippen molar-refractivity contribution in [3.05, 3.63) is 0 Å². The van der Waals surface area contributed by atoms with E-state index in [1.165, 1.54) is 38.5 Å². The van der Waals surface area contributed by atoms with E-state index < -0.39 is 0 Å². The van der Waals surface area contributed by atoms with E-state index in [1.807, 2.05) is 0 Å². The molecule has 3 atom stereocenters. The molecule has 0 bridgehead atoms. The Balaban J connectivity index is 3.56. The zero-order chi connectivity index (χ0) is 12.4. The quantitative estimate of drug-likeness (QED) is 0.540. The Morgan fingerprint density at radius 1 is 0.812 bits per heavy atom. The number of hydrogen-bond donors (Lipinski definition) is 1. The van der Waals surface area contributed by atoms with Gasteiger partial charge in [0.15, 0.2) is 0 Å². The van der Waals surface area contributed by atoms with Crippen molar-refractivity contribution < 1.29 is 5.11 Å². The van der Waals surface area contributed by atoms with Crippen molar-refractivity contribution in [2.24, 2.45) is 17.8 Å². The van der Waals surface area contributed by atoms with Crippen LogP contribution in [0.5, 0.6) is 0 Å². The number of hydrogen-bond acceptors (Lipinski definition) is 1. The van der Waals surface area contributed by atoms with E-state index in [2.05, 4.69) is 27.7 Å². The first-order valence-electron chi connectivity index (χ1n) is 7.20. The number of aliphatic hydroxyl groups excluding tert-OH is 1. The molecule has 98 valence electrons. The summed E-state index contributed by atoms with van der Waals surface area (Å²) in [6.07, 6.45) is 8.90. The predicted octanol–water partition coefficient (Wildman–Crippen LogP) is 4.64. The lowest BCUT2D eigenvalue weighted by atomic mass is 9.86. The molecule has 1 N–H and O–H groups in total. The van der Waals surface area contributed by atoms with Gasteiger partial charge >= 0.3 is 0 Å². The first-order chi connectivity index (χ1) is 7.60. The Morgan fingerprint density at radius 2 is 1.38 bits per heavy atom. The van der Waals surface area contributed by atoms with Gasteiger partial charge < -0.3 is 5.11 Å². The van der Waals surface area contributed by atoms with E-state index in [0.29, 0.717) is 6.61 Å². The molecular formula is C15H32O. The molecule has 0 aromatic carbocycles. The zero-order valence-corrected chi connectivity index (χ0v) is 11.8. The molecule has 0 amide bonds. The van der Waals surface area contributed by atoms with Crippen molar-refractivity contribution in [1.82, 2.24) is 0 Å². The highest BCUT2D eigenvalue weighted by molar-refractivity contribution is 4.63. The summed E-state index contributed by atoms with van der Waals surface area (Å²) < 4.78 is 0. The van der Waals surface area contributed by atoms with Gasteiger partial charge in [0, 0.05) is 6.61 Å². The fourth-order valence-electron chi connectivity index (χ4n) is 2.80. The minimum absolute atomic E-state index is 0.357. The van der Waals surface area contributed by atoms with Crippen LogP contribution in [-0.4, -0.2) is 11.7 Å². The lowest BCUT2D eigenvalue weighted by molar-refractivity contribution is 0.271. The molecule has 0 spiro atoms. The summed E-state index contributed by atoms with van der Waals surface area (Å²) in [5.41, 5.74) is 0. The fraction of sp³-hybridized carbons (Fsp3) is 1.00. The summed E-state index contributed by atoms with van der Waals surface area (Å²) in [5.74, 6) is 2.59. The zero-order valence-electron chi connectivity index (χ0n) is 11.8. The number of aliphatic hydroxyl groups is 1. The fourth-order valence-corrected chi connectivity index (χ4v) is 2.80. The van der Waals surface area contributed by atoms with Crippen LogP contribution < -0.4 is 0 Å². The van der Waals surface area contributed by atoms with E-state index in [1.54, 1.807) is 0 Å². The van der Waals surface area contributed by atoms with Crippen molar-refractivity contribution in [2.75, 3.05) is 6.61 Å². The Bertz CT molecular complexity index is 144. The largest absolute Gasteiger partial charge is 0.396 e. The smallest absolute Gasteiger partial charge is 0.0431 e. The summed E-state index contributed by atoms with van der Waals surface area (Å²) in [4.78, 5) is 0. The second kappa shape index (κ2) is 10.1. The summed E-state index contributed by atoms with van der Waals surface area (Å²) in [5, 5.41) is 8.74. The third-order valence-electron chi connectivity index (χ3n) is 3.50. The SMILES string of the molecule is CCCC(C)CC(C)CC(C)CCCCO. The molecule has 0 saturated carbocycles. The van der Waals surface area contributed by atoms with E-state index in [0.717, 1.165) is 24.2 Å². The van der Waals surface area contributed by atoms with E-state index >= 15 is 0 Å². The van der Waals surface area contributed by atoms with Gasteiger partial charge in [-0.25, -0.2) is 0 Å². The van der Waals surface area contributed by atoms with Crippen molar-refractivity contribution >= 4 is 0 Å². The molecule has 0 saturated heterocycles. The molecule has 1 nitrogen and oxygen atoms in total. The van der Waals surface area contributed by atoms with Crippen LogP contribution in [0.1, 0.15) is 72.6 Å². The number of unbranched alkanes of at least 4 members (excludes halogenated alkanes) is 1. The van der Waals surface area contributed by atoms with Crippen LogP contribution in [0.25, 0.3) is 0 Å². The van der Waals surface area contributed by atoms with E-state index in [-0.39, 0.29) is 0 Å². The Hall–Kier alpha value is -0.0400. The second-order valence-corrected chi connectivity index (χ2v) is 5.79. The van der Waals surface area contributed by atoms with Gasteiger partial charge in [-0.05, 0) is 37.0 Å². The average molecular weight is 228 g/mol. The molecule has 0 aliphatic carbocycles. The summed E-state index contributed by atoms with van der Waals surface area (Å²) in [6, 6.07) is 0. The molecule has 1 heteroatoms. The minimum Gasteiger partial charge on any atom is -0.396 e. The van der Waals surface area contributed by atoms with Gasteiger partial charge in [0.2, 0.25) is 0 Å². The van der Waals surface area contributed by atoms with Crippen LogP contribution in [0, 0.1) is 17.8 Å². The Kier molecular flexibility index (Phi) is 10.1. The Morgan fingerprint density at radius 3 is 1.88 bits per heavy atom. The second-order valence-electron chi connectivity index (χ2n) is 5.79. The van der Waals surface area contributed by atoms with E-state index in [9.17, 15) is 0 Å². The first kappa shape index (κ1) is 16.0. The molecule has 0 radical (unpaired) electrons. The third-order valence-corrected chi connectivity index (χ3v) is 3.50. The highest BCUT2D eigenvalue weighted by atomic mass is 16.2. The molecule has 0 aromatic heterocycles. The molecule has 0 rings (SSSR count). The summed E-state index contributed by atoms with van der Waals surface area (Å²) in [7, 11) is 0. The molecule has 0 fully saturated rings. The first-order valence-corrected chi connectivity index (χ1v) is 7.20. The molecule has 0 aliphatic heterocycles. The van der Waals surface area contributed by atoms with Crippen molar-refractivity contribution in [1.29, 1.82) is 0 Å². The minimum atomic E-state index is 0.357. The maximum Gasteiger partial charge on any atom is 0.0431 e. The van der Waals surface area contributed by atoms with Gasteiger partial charge in [0.1, 0.15) is 0 Å². The molecule has 3 unspecified atom stereocenters. The van der Waals surface area contributed by atoms with Gasteiger partial charge in [-0.2, -0.15) is 0 Å². The maximum absolute atomic E-state index is 8.74. The highest BCUT2D eigenvalue weighted by Crippen LogP contribution is 2.24. The van der Waals surface area contributed by atoms with Crippen LogP contribution in [0.4, 0.5) is 0 Å². The molecule has 0 aromatic rings. The lowest BCUT2D eigenvalue weighted by Crippen LogP contribution is -2.08. The van der Waals surface area contributed by atoms with Crippen LogP contribution in [-0.2, 0) is 0 Å². The average Bonchev–Trinajstić information content (AvgIpc) is 2.17. The van der Waals surface area contributed by atoms with Gasteiger partial charge in [0.25, 0.3) is 0 Å². The topological polar surface area (TPSA) is 20.2 Å². The number of rotatable bonds is 10. The van der Waals surface area contributed by atoms with Gasteiger partial charge in [-0.15, -0.1) is 0 Å². The third kappa shape index (κ3) is 9.21. The van der Waals surface area contributed by atoms with Crippen molar-refractivity contribution in [2.45, 2.75) is 72.6 Å². The van der Waals surface area contributed by atoms with Gasteiger partial charge in [-0.1, -0.05) is 53.4 Å². The van der Waals surface area contributed by atoms with Crippen LogP contribution >= 0.6 is 0 Å². The van der Waals surface area contributed by atoms with E-state index in [4.69, 9.17) is 5.11 Å². The predicted molar refractivity (Wildman–Crippen MR) is 72.6 cm³/mol. The van der Waals surface area contributed by atoms with Gasteiger partial charge in [-0.3, -0.25) is 0 Å². The monoisotopic (exact) mass is 228 g/mol. The maximum atomic E-state index is 8.74.